The summed E-state index contributed by atoms with van der Waals surface area (Å²) in [6.45, 7) is 6.34. The number of amides is 1. The van der Waals surface area contributed by atoms with Gasteiger partial charge in [0.15, 0.2) is 0 Å². The third-order valence-electron chi connectivity index (χ3n) is 6.36. The third-order valence-corrected chi connectivity index (χ3v) is 6.78. The van der Waals surface area contributed by atoms with E-state index in [0.29, 0.717) is 24.5 Å². The molecule has 1 saturated heterocycles. The highest BCUT2D eigenvalue weighted by Gasteiger charge is 2.22. The molecular weight excluding hydrogens is 495 g/mol. The Balaban J connectivity index is 1.40. The number of aryl methyl sites for hydroxylation is 1. The van der Waals surface area contributed by atoms with E-state index in [4.69, 9.17) is 16.3 Å². The summed E-state index contributed by atoms with van der Waals surface area (Å²) in [7, 11) is 2.87. The van der Waals surface area contributed by atoms with Gasteiger partial charge in [0, 0.05) is 61.6 Å². The van der Waals surface area contributed by atoms with Gasteiger partial charge in [0.25, 0.3) is 5.91 Å². The predicted octanol–water partition coefficient (Wildman–Crippen LogP) is 4.35. The Kier molecular flexibility index (Phi) is 8.45. The topological polar surface area (TPSA) is 91.4 Å². The van der Waals surface area contributed by atoms with Crippen molar-refractivity contribution in [3.63, 3.8) is 0 Å². The summed E-state index contributed by atoms with van der Waals surface area (Å²) in [6, 6.07) is 10.4. The largest absolute Gasteiger partial charge is 0.495 e. The van der Waals surface area contributed by atoms with Gasteiger partial charge < -0.3 is 25.6 Å². The lowest BCUT2D eigenvalue weighted by Crippen LogP contribution is -2.54. The maximum absolute atomic E-state index is 15.0. The predicted molar refractivity (Wildman–Crippen MR) is 145 cm³/mol. The van der Waals surface area contributed by atoms with Crippen LogP contribution in [0.3, 0.4) is 0 Å². The van der Waals surface area contributed by atoms with Crippen molar-refractivity contribution in [2.45, 2.75) is 38.8 Å². The minimum absolute atomic E-state index is 0.110. The normalized spacial score (nSPS) is 17.4. The smallest absolute Gasteiger partial charge is 0.254 e. The number of anilines is 3. The SMILES string of the molecule is CNC(=O)c1cc(OC)c(Cl)c(CCc2cnc(Nc3ccc(N4C[C@@H](C)N[C@@H](C)C4)cc3)nc2)c1F. The summed E-state index contributed by atoms with van der Waals surface area (Å²) >= 11 is 6.35. The lowest BCUT2D eigenvalue weighted by atomic mass is 10.0. The third kappa shape index (κ3) is 6.29. The van der Waals surface area contributed by atoms with Crippen molar-refractivity contribution in [1.29, 1.82) is 0 Å². The van der Waals surface area contributed by atoms with Crippen molar-refractivity contribution in [1.82, 2.24) is 20.6 Å². The van der Waals surface area contributed by atoms with Crippen LogP contribution in [0, 0.1) is 5.82 Å². The van der Waals surface area contributed by atoms with E-state index in [-0.39, 0.29) is 28.3 Å². The molecule has 8 nitrogen and oxygen atoms in total. The van der Waals surface area contributed by atoms with Crippen molar-refractivity contribution < 1.29 is 13.9 Å². The van der Waals surface area contributed by atoms with Gasteiger partial charge in [-0.25, -0.2) is 14.4 Å². The highest BCUT2D eigenvalue weighted by Crippen LogP contribution is 2.33. The number of hydrogen-bond donors (Lipinski definition) is 3. The van der Waals surface area contributed by atoms with E-state index in [0.717, 1.165) is 24.3 Å². The zero-order chi connectivity index (χ0) is 26.5. The second-order valence-electron chi connectivity index (χ2n) is 9.27. The number of halogens is 2. The van der Waals surface area contributed by atoms with Crippen LogP contribution in [-0.2, 0) is 12.8 Å². The molecule has 1 aromatic heterocycles. The molecule has 0 spiro atoms. The van der Waals surface area contributed by atoms with Gasteiger partial charge in [-0.2, -0.15) is 0 Å². The lowest BCUT2D eigenvalue weighted by molar-refractivity contribution is 0.0958. The number of aromatic nitrogens is 2. The zero-order valence-corrected chi connectivity index (χ0v) is 22.2. The number of piperazine rings is 1. The van der Waals surface area contributed by atoms with Gasteiger partial charge in [-0.1, -0.05) is 11.6 Å². The minimum atomic E-state index is -0.655. The number of nitrogens with one attached hydrogen (secondary N) is 3. The van der Waals surface area contributed by atoms with E-state index in [1.807, 2.05) is 12.1 Å². The number of benzene rings is 2. The maximum Gasteiger partial charge on any atom is 0.254 e. The molecule has 2 aromatic carbocycles. The van der Waals surface area contributed by atoms with Crippen LogP contribution in [0.25, 0.3) is 0 Å². The van der Waals surface area contributed by atoms with Crippen LogP contribution in [0.4, 0.5) is 21.7 Å². The van der Waals surface area contributed by atoms with Crippen LogP contribution >= 0.6 is 11.6 Å². The molecule has 3 N–H and O–H groups in total. The average molecular weight is 527 g/mol. The number of carbonyl (C=O) groups excluding carboxylic acids is 1. The van der Waals surface area contributed by atoms with Crippen molar-refractivity contribution in [2.24, 2.45) is 0 Å². The number of nitrogens with zero attached hydrogens (tertiary/aromatic N) is 3. The van der Waals surface area contributed by atoms with Crippen LogP contribution in [0.1, 0.15) is 35.3 Å². The highest BCUT2D eigenvalue weighted by molar-refractivity contribution is 6.33. The van der Waals surface area contributed by atoms with Crippen LogP contribution in [0.2, 0.25) is 5.02 Å². The minimum Gasteiger partial charge on any atom is -0.495 e. The second-order valence-corrected chi connectivity index (χ2v) is 9.65. The summed E-state index contributed by atoms with van der Waals surface area (Å²) in [5.74, 6) is -0.483. The van der Waals surface area contributed by atoms with E-state index in [9.17, 15) is 4.79 Å². The van der Waals surface area contributed by atoms with Gasteiger partial charge >= 0.3 is 0 Å². The summed E-state index contributed by atoms with van der Waals surface area (Å²) in [5, 5.41) is 9.35. The van der Waals surface area contributed by atoms with Crippen molar-refractivity contribution in [3.05, 3.63) is 70.3 Å². The fourth-order valence-electron chi connectivity index (χ4n) is 4.57. The summed E-state index contributed by atoms with van der Waals surface area (Å²) in [4.78, 5) is 23.3. The maximum atomic E-state index is 15.0. The lowest BCUT2D eigenvalue weighted by Gasteiger charge is -2.37. The monoisotopic (exact) mass is 526 g/mol. The first-order chi connectivity index (χ1) is 17.8. The van der Waals surface area contributed by atoms with E-state index in [2.05, 4.69) is 56.8 Å². The molecule has 0 radical (unpaired) electrons. The van der Waals surface area contributed by atoms with Gasteiger partial charge in [-0.05, 0) is 62.6 Å². The molecule has 1 aliphatic rings. The van der Waals surface area contributed by atoms with Gasteiger partial charge in [-0.3, -0.25) is 4.79 Å². The molecule has 3 aromatic rings. The molecule has 1 amide bonds. The van der Waals surface area contributed by atoms with E-state index in [1.165, 1.54) is 25.9 Å². The molecule has 4 rings (SSSR count). The molecule has 196 valence electrons. The standard InChI is InChI=1S/C27H32ClFN6O2/c1-16-14-35(15-17(2)33-16)20-8-6-19(7-9-20)34-27-31-12-18(13-32-27)5-10-21-24(28)23(37-4)11-22(25(21)29)26(36)30-3/h6-9,11-13,16-17,33H,5,10,14-15H2,1-4H3,(H,30,36)(H,31,32,34)/t16-,17+. The Morgan fingerprint density at radius 3 is 2.41 bits per heavy atom. The Morgan fingerprint density at radius 1 is 1.16 bits per heavy atom. The number of carbonyl (C=O) groups is 1. The summed E-state index contributed by atoms with van der Waals surface area (Å²) < 4.78 is 20.3. The number of methoxy groups -OCH3 is 1. The van der Waals surface area contributed by atoms with Crippen LogP contribution in [0.15, 0.2) is 42.7 Å². The fourth-order valence-corrected chi connectivity index (χ4v) is 4.88. The number of ether oxygens (including phenoxy) is 1. The van der Waals surface area contributed by atoms with Crippen LogP contribution in [-0.4, -0.2) is 55.2 Å². The number of rotatable bonds is 8. The van der Waals surface area contributed by atoms with Crippen LogP contribution < -0.4 is 25.6 Å². The zero-order valence-electron chi connectivity index (χ0n) is 21.4. The van der Waals surface area contributed by atoms with E-state index < -0.39 is 11.7 Å². The molecule has 0 aliphatic carbocycles. The quantitative estimate of drug-likeness (QED) is 0.402. The molecule has 0 bridgehead atoms. The van der Waals surface area contributed by atoms with Crippen molar-refractivity contribution in [2.75, 3.05) is 37.5 Å². The number of hydrogen-bond acceptors (Lipinski definition) is 7. The van der Waals surface area contributed by atoms with Gasteiger partial charge in [0.1, 0.15) is 11.6 Å². The molecule has 0 saturated carbocycles. The molecule has 1 aliphatic heterocycles. The van der Waals surface area contributed by atoms with Gasteiger partial charge in [-0.15, -0.1) is 0 Å². The van der Waals surface area contributed by atoms with Crippen LogP contribution in [0.5, 0.6) is 5.75 Å². The summed E-state index contributed by atoms with van der Waals surface area (Å²) in [5.41, 5.74) is 2.99. The molecule has 0 unspecified atom stereocenters. The van der Waals surface area contributed by atoms with Crippen molar-refractivity contribution in [3.8, 4) is 5.75 Å². The Bertz CT molecular complexity index is 1230. The molecule has 37 heavy (non-hydrogen) atoms. The first-order valence-electron chi connectivity index (χ1n) is 12.2. The second kappa shape index (κ2) is 11.7. The Morgan fingerprint density at radius 2 is 1.81 bits per heavy atom. The molecule has 2 atom stereocenters. The summed E-state index contributed by atoms with van der Waals surface area (Å²) in [6.07, 6.45) is 4.08. The molecular formula is C27H32ClFN6O2. The first-order valence-corrected chi connectivity index (χ1v) is 12.6. The van der Waals surface area contributed by atoms with Gasteiger partial charge in [0.2, 0.25) is 5.95 Å². The van der Waals surface area contributed by atoms with Crippen molar-refractivity contribution >= 4 is 34.8 Å². The molecule has 1 fully saturated rings. The highest BCUT2D eigenvalue weighted by atomic mass is 35.5. The van der Waals surface area contributed by atoms with Gasteiger partial charge in [0.05, 0.1) is 17.7 Å². The fraction of sp³-hybridized carbons (Fsp3) is 0.370. The Hall–Kier alpha value is -3.43. The Labute approximate surface area is 221 Å². The van der Waals surface area contributed by atoms with E-state index in [1.54, 1.807) is 12.4 Å². The molecule has 2 heterocycles. The first kappa shape index (κ1) is 26.6. The molecule has 10 heteroatoms. The average Bonchev–Trinajstić information content (AvgIpc) is 2.89. The van der Waals surface area contributed by atoms with E-state index >= 15 is 4.39 Å².